The quantitative estimate of drug-likeness (QED) is 0.0773. The number of fused-ring (bicyclic) bond motifs is 3. The fourth-order valence-electron chi connectivity index (χ4n) is 10.6. The number of methoxy groups -OCH3 is 2. The van der Waals surface area contributed by atoms with Crippen LogP contribution >= 0.6 is 0 Å². The lowest BCUT2D eigenvalue weighted by Crippen LogP contribution is -2.51. The van der Waals surface area contributed by atoms with Crippen LogP contribution in [0.3, 0.4) is 0 Å². The van der Waals surface area contributed by atoms with Crippen molar-refractivity contribution in [1.82, 2.24) is 40.4 Å². The van der Waals surface area contributed by atoms with E-state index in [0.29, 0.717) is 49.2 Å². The van der Waals surface area contributed by atoms with Crippen molar-refractivity contribution >= 4 is 45.8 Å². The largest absolute Gasteiger partial charge is 0.453 e. The van der Waals surface area contributed by atoms with E-state index in [1.54, 1.807) is 11.1 Å². The van der Waals surface area contributed by atoms with Gasteiger partial charge in [-0.05, 0) is 91.1 Å². The SMILES string of the molecule is CC#Cc1cc(-c2cnc([C@@H]3CCCN3C(=O)[C@@H](NC(=O)OC)C(C)C)[nH]2)ccc1-c1ccc2c(ccc3nc([C@@H]4C[C@H](COCC5CCCC5)CN4C(=O)[C@H](NC(=O)OC)c4ccccc4)[nH]c32)c1. The summed E-state index contributed by atoms with van der Waals surface area (Å²) in [6.45, 7) is 7.92. The predicted octanol–water partition coefficient (Wildman–Crippen LogP) is 9.38. The van der Waals surface area contributed by atoms with E-state index in [-0.39, 0.29) is 35.7 Å². The van der Waals surface area contributed by atoms with Gasteiger partial charge < -0.3 is 44.6 Å². The van der Waals surface area contributed by atoms with Crippen molar-refractivity contribution in [2.45, 2.75) is 89.9 Å². The fourth-order valence-corrected chi connectivity index (χ4v) is 10.6. The molecule has 0 unspecified atom stereocenters. The number of H-pyrrole nitrogens is 2. The molecule has 5 atom stereocenters. The van der Waals surface area contributed by atoms with Crippen LogP contribution in [0.2, 0.25) is 0 Å². The van der Waals surface area contributed by atoms with Gasteiger partial charge in [-0.25, -0.2) is 19.6 Å². The summed E-state index contributed by atoms with van der Waals surface area (Å²) in [5, 5.41) is 7.51. The summed E-state index contributed by atoms with van der Waals surface area (Å²) in [4.78, 5) is 73.8. The van der Waals surface area contributed by atoms with Crippen molar-refractivity contribution in [2.24, 2.45) is 17.8 Å². The molecular weight excluding hydrogens is 885 g/mol. The van der Waals surface area contributed by atoms with Crippen molar-refractivity contribution in [1.29, 1.82) is 0 Å². The van der Waals surface area contributed by atoms with Crippen LogP contribution in [-0.2, 0) is 23.8 Å². The van der Waals surface area contributed by atoms with Gasteiger partial charge in [0.2, 0.25) is 5.91 Å². The molecular formula is C55H62N8O7. The maximum Gasteiger partial charge on any atom is 0.407 e. The molecule has 15 heteroatoms. The molecule has 70 heavy (non-hydrogen) atoms. The van der Waals surface area contributed by atoms with Gasteiger partial charge in [-0.2, -0.15) is 0 Å². The molecule has 2 saturated heterocycles. The number of rotatable bonds is 14. The smallest absolute Gasteiger partial charge is 0.407 e. The lowest BCUT2D eigenvalue weighted by Gasteiger charge is -2.30. The Morgan fingerprint density at radius 2 is 1.54 bits per heavy atom. The molecule has 364 valence electrons. The molecule has 0 bridgehead atoms. The van der Waals surface area contributed by atoms with E-state index >= 15 is 0 Å². The molecule has 0 spiro atoms. The maximum absolute atomic E-state index is 14.7. The molecule has 9 rings (SSSR count). The molecule has 0 radical (unpaired) electrons. The van der Waals surface area contributed by atoms with Crippen LogP contribution in [0.4, 0.5) is 9.59 Å². The number of hydrogen-bond donors (Lipinski definition) is 4. The van der Waals surface area contributed by atoms with E-state index < -0.39 is 24.3 Å². The Balaban J connectivity index is 0.976. The second-order valence-electron chi connectivity index (χ2n) is 19.2. The maximum atomic E-state index is 14.7. The molecule has 2 aromatic heterocycles. The number of alkyl carbamates (subject to hydrolysis) is 2. The molecule has 4 N–H and O–H groups in total. The fraction of sp³-hybridized carbons (Fsp3) is 0.418. The summed E-state index contributed by atoms with van der Waals surface area (Å²) in [7, 11) is 2.58. The highest BCUT2D eigenvalue weighted by Gasteiger charge is 2.42. The number of ether oxygens (including phenoxy) is 3. The van der Waals surface area contributed by atoms with Gasteiger partial charge in [-0.3, -0.25) is 9.59 Å². The lowest BCUT2D eigenvalue weighted by atomic mass is 9.95. The Morgan fingerprint density at radius 3 is 2.30 bits per heavy atom. The highest BCUT2D eigenvalue weighted by Crippen LogP contribution is 2.40. The van der Waals surface area contributed by atoms with Crippen molar-refractivity contribution in [3.05, 3.63) is 108 Å². The minimum atomic E-state index is -0.951. The molecule has 3 fully saturated rings. The molecule has 4 heterocycles. The van der Waals surface area contributed by atoms with Crippen LogP contribution in [0.1, 0.15) is 107 Å². The van der Waals surface area contributed by atoms with Gasteiger partial charge >= 0.3 is 12.2 Å². The Morgan fingerprint density at radius 1 is 0.786 bits per heavy atom. The monoisotopic (exact) mass is 946 g/mol. The Kier molecular flexibility index (Phi) is 14.5. The minimum Gasteiger partial charge on any atom is -0.453 e. The first kappa shape index (κ1) is 47.9. The molecule has 4 aromatic carbocycles. The van der Waals surface area contributed by atoms with Gasteiger partial charge in [0.05, 0.1) is 55.8 Å². The molecule has 6 aromatic rings. The van der Waals surface area contributed by atoms with E-state index in [2.05, 4.69) is 74.9 Å². The zero-order valence-electron chi connectivity index (χ0n) is 40.5. The number of aromatic nitrogens is 4. The number of nitrogens with zero attached hydrogens (tertiary/aromatic N) is 4. The van der Waals surface area contributed by atoms with Gasteiger partial charge in [-0.1, -0.05) is 93.3 Å². The normalized spacial score (nSPS) is 19.0. The van der Waals surface area contributed by atoms with E-state index in [0.717, 1.165) is 69.2 Å². The average Bonchev–Trinajstić information content (AvgIpc) is 4.25. The van der Waals surface area contributed by atoms with E-state index in [9.17, 15) is 19.2 Å². The van der Waals surface area contributed by atoms with Gasteiger partial charge in [0.25, 0.3) is 5.91 Å². The summed E-state index contributed by atoms with van der Waals surface area (Å²) >= 11 is 0. The second kappa shape index (κ2) is 21.2. The number of nitrogens with one attached hydrogen (secondary N) is 4. The molecule has 3 aliphatic rings. The molecule has 1 aliphatic carbocycles. The number of benzene rings is 4. The lowest BCUT2D eigenvalue weighted by molar-refractivity contribution is -0.136. The zero-order valence-corrected chi connectivity index (χ0v) is 40.5. The van der Waals surface area contributed by atoms with E-state index in [1.165, 1.54) is 39.9 Å². The highest BCUT2D eigenvalue weighted by molar-refractivity contribution is 6.05. The van der Waals surface area contributed by atoms with Gasteiger partial charge in [0.15, 0.2) is 0 Å². The number of aromatic amines is 2. The second-order valence-corrected chi connectivity index (χ2v) is 19.2. The summed E-state index contributed by atoms with van der Waals surface area (Å²) in [6.07, 6.45) is 7.61. The van der Waals surface area contributed by atoms with Gasteiger partial charge in [-0.15, -0.1) is 5.92 Å². The van der Waals surface area contributed by atoms with Crippen molar-refractivity contribution < 1.29 is 33.4 Å². The molecule has 1 saturated carbocycles. The summed E-state index contributed by atoms with van der Waals surface area (Å²) in [5.41, 5.74) is 6.88. The molecule has 2 aliphatic heterocycles. The van der Waals surface area contributed by atoms with Gasteiger partial charge in [0, 0.05) is 42.1 Å². The van der Waals surface area contributed by atoms with Crippen LogP contribution in [0.5, 0.6) is 0 Å². The van der Waals surface area contributed by atoms with Gasteiger partial charge in [0.1, 0.15) is 23.7 Å². The van der Waals surface area contributed by atoms with Crippen LogP contribution in [-0.4, -0.2) is 100 Å². The predicted molar refractivity (Wildman–Crippen MR) is 267 cm³/mol. The van der Waals surface area contributed by atoms with Crippen LogP contribution in [0.25, 0.3) is 44.2 Å². The third-order valence-corrected chi connectivity index (χ3v) is 14.2. The zero-order chi connectivity index (χ0) is 48.9. The van der Waals surface area contributed by atoms with Crippen molar-refractivity contribution in [2.75, 3.05) is 40.5 Å². The third kappa shape index (κ3) is 10.1. The first-order valence-corrected chi connectivity index (χ1v) is 24.5. The third-order valence-electron chi connectivity index (χ3n) is 14.2. The van der Waals surface area contributed by atoms with Crippen molar-refractivity contribution in [3.63, 3.8) is 0 Å². The minimum absolute atomic E-state index is 0.0775. The first-order chi connectivity index (χ1) is 34.0. The molecule has 15 nitrogen and oxygen atoms in total. The Labute approximate surface area is 408 Å². The number of carbonyl (C=O) groups excluding carboxylic acids is 4. The number of carbonyl (C=O) groups is 4. The van der Waals surface area contributed by atoms with Crippen molar-refractivity contribution in [3.8, 4) is 34.2 Å². The standard InChI is InChI=1S/C55H62N8O7/c1-6-13-37-28-40(44-29-56-50(58-44)45-18-12-25-62(45)52(64)47(33(2)3)60-54(66)68-4)20-22-41(37)38-19-23-42-39(27-38)21-24-43-49(42)59-51(57-43)46-26-35(32-70-31-34-14-10-11-15-34)30-63(46)53(65)48(61-55(67)69-5)36-16-8-7-9-17-36/h7-9,16-17,19-24,27-29,33-35,45-48H,10-12,14-15,18,25-26,30-32H2,1-5H3,(H,56,58)(H,57,59)(H,60,66)(H,61,67)/t35-,45-,46-,47-,48+/m0/s1. The first-order valence-electron chi connectivity index (χ1n) is 24.5. The van der Waals surface area contributed by atoms with Crippen LogP contribution < -0.4 is 10.6 Å². The topological polar surface area (TPSA) is 184 Å². The summed E-state index contributed by atoms with van der Waals surface area (Å²) in [5.74, 6) is 7.95. The van der Waals surface area contributed by atoms with Crippen LogP contribution in [0.15, 0.2) is 85.1 Å². The van der Waals surface area contributed by atoms with E-state index in [4.69, 9.17) is 24.2 Å². The number of amides is 4. The van der Waals surface area contributed by atoms with Crippen LogP contribution in [0, 0.1) is 29.6 Å². The summed E-state index contributed by atoms with van der Waals surface area (Å²) < 4.78 is 16.1. The van der Waals surface area contributed by atoms with E-state index in [1.807, 2.05) is 62.1 Å². The Bertz CT molecular complexity index is 2930. The summed E-state index contributed by atoms with van der Waals surface area (Å²) in [6, 6.07) is 23.6. The molecule has 4 amide bonds. The number of imidazole rings is 2. The highest BCUT2D eigenvalue weighted by atomic mass is 16.5. The average molecular weight is 947 g/mol. The Hall–Kier alpha value is -7.18. The number of likely N-dealkylation sites (tertiary alicyclic amines) is 2. The number of hydrogen-bond acceptors (Lipinski definition) is 9.